The minimum absolute atomic E-state index is 0.268. The molecule has 174 valence electrons. The van der Waals surface area contributed by atoms with Gasteiger partial charge in [-0.05, 0) is 36.5 Å². The molecular formula is C27H50O2Si. The number of rotatable bonds is 17. The summed E-state index contributed by atoms with van der Waals surface area (Å²) in [5, 5.41) is 0.268. The molecule has 0 spiro atoms. The van der Waals surface area contributed by atoms with Crippen molar-refractivity contribution in [3.63, 3.8) is 0 Å². The van der Waals surface area contributed by atoms with Crippen LogP contribution in [0.1, 0.15) is 104 Å². The van der Waals surface area contributed by atoms with Gasteiger partial charge in [-0.2, -0.15) is 0 Å². The Morgan fingerprint density at radius 2 is 1.37 bits per heavy atom. The average Bonchev–Trinajstić information content (AvgIpc) is 2.70. The van der Waals surface area contributed by atoms with E-state index in [1.807, 2.05) is 0 Å². The number of benzene rings is 1. The quantitative estimate of drug-likeness (QED) is 0.180. The Morgan fingerprint density at radius 3 is 1.93 bits per heavy atom. The SMILES string of the molecule is CCCCCCCCCCCC(CCO[Si](C)(C)C(C)(C)C)OCc1ccccc1. The molecule has 1 aromatic carbocycles. The molecule has 0 aromatic heterocycles. The molecule has 0 saturated carbocycles. The predicted octanol–water partition coefficient (Wildman–Crippen LogP) is 8.90. The molecule has 1 rings (SSSR count). The molecule has 0 aliphatic rings. The smallest absolute Gasteiger partial charge is 0.191 e. The number of hydrogen-bond acceptors (Lipinski definition) is 2. The summed E-state index contributed by atoms with van der Waals surface area (Å²) in [7, 11) is -1.68. The number of hydrogen-bond donors (Lipinski definition) is 0. The van der Waals surface area contributed by atoms with Gasteiger partial charge in [-0.3, -0.25) is 0 Å². The van der Waals surface area contributed by atoms with Crippen LogP contribution in [-0.2, 0) is 15.8 Å². The first-order chi connectivity index (χ1) is 14.3. The van der Waals surface area contributed by atoms with E-state index < -0.39 is 8.32 Å². The summed E-state index contributed by atoms with van der Waals surface area (Å²) in [5.41, 5.74) is 1.26. The van der Waals surface area contributed by atoms with E-state index in [-0.39, 0.29) is 5.04 Å². The lowest BCUT2D eigenvalue weighted by Crippen LogP contribution is -2.41. The van der Waals surface area contributed by atoms with E-state index in [1.54, 1.807) is 0 Å². The van der Waals surface area contributed by atoms with Gasteiger partial charge in [0, 0.05) is 6.61 Å². The predicted molar refractivity (Wildman–Crippen MR) is 135 cm³/mol. The van der Waals surface area contributed by atoms with Gasteiger partial charge in [-0.1, -0.05) is 116 Å². The molecule has 2 nitrogen and oxygen atoms in total. The second kappa shape index (κ2) is 15.2. The van der Waals surface area contributed by atoms with Crippen LogP contribution in [-0.4, -0.2) is 21.0 Å². The highest BCUT2D eigenvalue weighted by Gasteiger charge is 2.37. The maximum atomic E-state index is 6.43. The van der Waals surface area contributed by atoms with Crippen LogP contribution in [0.3, 0.4) is 0 Å². The summed E-state index contributed by atoms with van der Waals surface area (Å²) >= 11 is 0. The Kier molecular flexibility index (Phi) is 13.9. The van der Waals surface area contributed by atoms with Crippen molar-refractivity contribution in [1.82, 2.24) is 0 Å². The molecule has 0 N–H and O–H groups in total. The molecular weight excluding hydrogens is 384 g/mol. The molecule has 0 aliphatic heterocycles. The third-order valence-electron chi connectivity index (χ3n) is 6.67. The first-order valence-electron chi connectivity index (χ1n) is 12.6. The normalized spacial score (nSPS) is 13.5. The van der Waals surface area contributed by atoms with Gasteiger partial charge in [0.05, 0.1) is 12.7 Å². The van der Waals surface area contributed by atoms with Gasteiger partial charge in [0.2, 0.25) is 0 Å². The van der Waals surface area contributed by atoms with Gasteiger partial charge in [-0.25, -0.2) is 0 Å². The summed E-state index contributed by atoms with van der Waals surface area (Å²) in [4.78, 5) is 0. The molecule has 0 aliphatic carbocycles. The Labute approximate surface area is 189 Å². The first kappa shape index (κ1) is 27.4. The van der Waals surface area contributed by atoms with Gasteiger partial charge >= 0.3 is 0 Å². The molecule has 30 heavy (non-hydrogen) atoms. The lowest BCUT2D eigenvalue weighted by Gasteiger charge is -2.36. The highest BCUT2D eigenvalue weighted by atomic mass is 28.4. The summed E-state index contributed by atoms with van der Waals surface area (Å²) < 4.78 is 12.8. The summed E-state index contributed by atoms with van der Waals surface area (Å²) in [6.07, 6.45) is 14.8. The van der Waals surface area contributed by atoms with Crippen molar-refractivity contribution >= 4 is 8.32 Å². The van der Waals surface area contributed by atoms with Crippen LogP contribution in [0.5, 0.6) is 0 Å². The monoisotopic (exact) mass is 434 g/mol. The standard InChI is InChI=1S/C27H50O2Si/c1-7-8-9-10-11-12-13-14-18-21-26(28-24-25-19-16-15-17-20-25)22-23-29-30(5,6)27(2,3)4/h15-17,19-20,26H,7-14,18,21-24H2,1-6H3. The molecule has 3 heteroatoms. The topological polar surface area (TPSA) is 18.5 Å². The van der Waals surface area contributed by atoms with Crippen LogP contribution in [0.2, 0.25) is 18.1 Å². The van der Waals surface area contributed by atoms with Crippen LogP contribution in [0.15, 0.2) is 30.3 Å². The number of ether oxygens (including phenoxy) is 1. The van der Waals surface area contributed by atoms with E-state index in [0.29, 0.717) is 12.7 Å². The average molecular weight is 435 g/mol. The van der Waals surface area contributed by atoms with E-state index in [4.69, 9.17) is 9.16 Å². The molecule has 1 unspecified atom stereocenters. The van der Waals surface area contributed by atoms with Gasteiger partial charge in [0.15, 0.2) is 8.32 Å². The maximum absolute atomic E-state index is 6.43. The Bertz CT molecular complexity index is 521. The zero-order chi connectivity index (χ0) is 22.3. The largest absolute Gasteiger partial charge is 0.417 e. The highest BCUT2D eigenvalue weighted by Crippen LogP contribution is 2.36. The Morgan fingerprint density at radius 1 is 0.800 bits per heavy atom. The zero-order valence-corrected chi connectivity index (χ0v) is 22.0. The van der Waals surface area contributed by atoms with Gasteiger partial charge in [-0.15, -0.1) is 0 Å². The molecule has 0 bridgehead atoms. The molecule has 0 radical (unpaired) electrons. The van der Waals surface area contributed by atoms with Crippen molar-refractivity contribution in [3.8, 4) is 0 Å². The van der Waals surface area contributed by atoms with E-state index in [1.165, 1.54) is 63.4 Å². The maximum Gasteiger partial charge on any atom is 0.191 e. The van der Waals surface area contributed by atoms with Crippen LogP contribution in [0, 0.1) is 0 Å². The zero-order valence-electron chi connectivity index (χ0n) is 21.0. The van der Waals surface area contributed by atoms with Crippen LogP contribution < -0.4 is 0 Å². The van der Waals surface area contributed by atoms with Gasteiger partial charge in [0.1, 0.15) is 0 Å². The summed E-state index contributed by atoms with van der Waals surface area (Å²) in [6, 6.07) is 10.6. The van der Waals surface area contributed by atoms with Crippen molar-refractivity contribution in [1.29, 1.82) is 0 Å². The fraction of sp³-hybridized carbons (Fsp3) is 0.778. The lowest BCUT2D eigenvalue weighted by molar-refractivity contribution is 0.0185. The van der Waals surface area contributed by atoms with E-state index in [9.17, 15) is 0 Å². The van der Waals surface area contributed by atoms with E-state index in [2.05, 4.69) is 71.1 Å². The molecule has 0 fully saturated rings. The molecule has 0 saturated heterocycles. The Hall–Kier alpha value is -0.643. The summed E-state index contributed by atoms with van der Waals surface area (Å²) in [6.45, 7) is 15.4. The van der Waals surface area contributed by atoms with Gasteiger partial charge < -0.3 is 9.16 Å². The van der Waals surface area contributed by atoms with Crippen molar-refractivity contribution in [3.05, 3.63) is 35.9 Å². The Balaban J connectivity index is 2.35. The van der Waals surface area contributed by atoms with E-state index >= 15 is 0 Å². The van der Waals surface area contributed by atoms with Crippen LogP contribution >= 0.6 is 0 Å². The van der Waals surface area contributed by atoms with Crippen molar-refractivity contribution < 1.29 is 9.16 Å². The third kappa shape index (κ3) is 12.3. The van der Waals surface area contributed by atoms with Crippen molar-refractivity contribution in [2.75, 3.05) is 6.61 Å². The lowest BCUT2D eigenvalue weighted by atomic mass is 10.0. The number of unbranched alkanes of at least 4 members (excludes halogenated alkanes) is 8. The molecule has 0 heterocycles. The van der Waals surface area contributed by atoms with Crippen molar-refractivity contribution in [2.45, 2.75) is 129 Å². The first-order valence-corrected chi connectivity index (χ1v) is 15.5. The van der Waals surface area contributed by atoms with Gasteiger partial charge in [0.25, 0.3) is 0 Å². The molecule has 1 atom stereocenters. The second-order valence-corrected chi connectivity index (χ2v) is 15.2. The minimum Gasteiger partial charge on any atom is -0.417 e. The van der Waals surface area contributed by atoms with Crippen LogP contribution in [0.25, 0.3) is 0 Å². The second-order valence-electron chi connectivity index (χ2n) is 10.4. The highest BCUT2D eigenvalue weighted by molar-refractivity contribution is 6.74. The fourth-order valence-electron chi connectivity index (χ4n) is 3.44. The fourth-order valence-corrected chi connectivity index (χ4v) is 4.51. The molecule has 1 aromatic rings. The molecule has 0 amide bonds. The minimum atomic E-state index is -1.68. The summed E-state index contributed by atoms with van der Waals surface area (Å²) in [5.74, 6) is 0. The van der Waals surface area contributed by atoms with E-state index in [0.717, 1.165) is 19.4 Å². The van der Waals surface area contributed by atoms with Crippen molar-refractivity contribution in [2.24, 2.45) is 0 Å². The van der Waals surface area contributed by atoms with Crippen LogP contribution in [0.4, 0.5) is 0 Å². The third-order valence-corrected chi connectivity index (χ3v) is 11.2.